The van der Waals surface area contributed by atoms with Crippen LogP contribution in [0.5, 0.6) is 0 Å². The van der Waals surface area contributed by atoms with Crippen molar-refractivity contribution in [1.29, 1.82) is 0 Å². The first-order valence-corrected chi connectivity index (χ1v) is 7.43. The number of H-pyrrole nitrogens is 1. The third kappa shape index (κ3) is 3.80. The van der Waals surface area contributed by atoms with Crippen molar-refractivity contribution in [2.24, 2.45) is 5.41 Å². The lowest BCUT2D eigenvalue weighted by Crippen LogP contribution is -2.32. The minimum Gasteiger partial charge on any atom is -0.481 e. The Kier molecular flexibility index (Phi) is 4.76. The first-order valence-electron chi connectivity index (χ1n) is 7.05. The van der Waals surface area contributed by atoms with Gasteiger partial charge in [0.1, 0.15) is 0 Å². The molecule has 22 heavy (non-hydrogen) atoms. The smallest absolute Gasteiger partial charge is 0.309 e. The molecule has 0 bridgehead atoms. The number of carboxylic acids is 1. The van der Waals surface area contributed by atoms with E-state index in [4.69, 9.17) is 16.7 Å². The molecule has 6 heteroatoms. The number of aromatic amines is 1. The predicted octanol–water partition coefficient (Wildman–Crippen LogP) is 2.98. The lowest BCUT2D eigenvalue weighted by Gasteiger charge is -2.18. The second-order valence-corrected chi connectivity index (χ2v) is 6.41. The average Bonchev–Trinajstić information content (AvgIpc) is 2.81. The highest BCUT2D eigenvalue weighted by Gasteiger charge is 2.26. The van der Waals surface area contributed by atoms with Gasteiger partial charge in [0.25, 0.3) is 0 Å². The fraction of sp³-hybridized carbons (Fsp3) is 0.375. The van der Waals surface area contributed by atoms with Gasteiger partial charge in [0.2, 0.25) is 5.91 Å². The van der Waals surface area contributed by atoms with Crippen molar-refractivity contribution in [3.05, 3.63) is 35.0 Å². The second kappa shape index (κ2) is 6.40. The Bertz CT molecular complexity index is 706. The minimum atomic E-state index is -0.868. The van der Waals surface area contributed by atoms with Gasteiger partial charge in [0.05, 0.1) is 11.8 Å². The van der Waals surface area contributed by atoms with E-state index in [1.54, 1.807) is 26.1 Å². The fourth-order valence-electron chi connectivity index (χ4n) is 2.15. The van der Waals surface area contributed by atoms with Crippen LogP contribution in [0.1, 0.15) is 25.8 Å². The first kappa shape index (κ1) is 16.4. The molecule has 0 fully saturated rings. The maximum Gasteiger partial charge on any atom is 0.309 e. The maximum absolute atomic E-state index is 12.0. The van der Waals surface area contributed by atoms with Crippen LogP contribution in [-0.2, 0) is 16.0 Å². The van der Waals surface area contributed by atoms with E-state index in [1.165, 1.54) is 0 Å². The van der Waals surface area contributed by atoms with E-state index < -0.39 is 11.4 Å². The monoisotopic (exact) mass is 322 g/mol. The number of halogens is 1. The summed E-state index contributed by atoms with van der Waals surface area (Å²) in [6.07, 6.45) is 2.41. The molecule has 0 radical (unpaired) electrons. The van der Waals surface area contributed by atoms with E-state index in [2.05, 4.69) is 10.3 Å². The van der Waals surface area contributed by atoms with Crippen molar-refractivity contribution >= 4 is 34.4 Å². The van der Waals surface area contributed by atoms with Crippen LogP contribution in [0.25, 0.3) is 10.9 Å². The molecule has 5 nitrogen and oxygen atoms in total. The largest absolute Gasteiger partial charge is 0.481 e. The van der Waals surface area contributed by atoms with Crippen molar-refractivity contribution in [3.8, 4) is 0 Å². The number of rotatable bonds is 6. The molecule has 1 aromatic heterocycles. The SMILES string of the molecule is CC(C)(CCNC(=O)Cc1c[nH]c2ccc(Cl)cc12)C(=O)O. The fourth-order valence-corrected chi connectivity index (χ4v) is 2.33. The highest BCUT2D eigenvalue weighted by Crippen LogP contribution is 2.23. The van der Waals surface area contributed by atoms with Gasteiger partial charge in [-0.3, -0.25) is 9.59 Å². The van der Waals surface area contributed by atoms with Crippen LogP contribution in [0.15, 0.2) is 24.4 Å². The quantitative estimate of drug-likeness (QED) is 0.764. The molecule has 0 unspecified atom stereocenters. The van der Waals surface area contributed by atoms with Crippen LogP contribution in [0.4, 0.5) is 0 Å². The molecule has 0 aliphatic heterocycles. The van der Waals surface area contributed by atoms with Gasteiger partial charge in [-0.15, -0.1) is 0 Å². The van der Waals surface area contributed by atoms with E-state index in [0.717, 1.165) is 16.5 Å². The van der Waals surface area contributed by atoms with Crippen LogP contribution >= 0.6 is 11.6 Å². The molecular formula is C16H19ClN2O3. The van der Waals surface area contributed by atoms with Crippen molar-refractivity contribution in [2.45, 2.75) is 26.7 Å². The molecule has 2 aromatic rings. The molecule has 0 spiro atoms. The number of fused-ring (bicyclic) bond motifs is 1. The molecule has 0 saturated heterocycles. The first-order chi connectivity index (χ1) is 10.3. The van der Waals surface area contributed by atoms with Crippen LogP contribution < -0.4 is 5.32 Å². The molecule has 0 aliphatic carbocycles. The predicted molar refractivity (Wildman–Crippen MR) is 86.1 cm³/mol. The summed E-state index contributed by atoms with van der Waals surface area (Å²) in [5.41, 5.74) is 0.952. The Morgan fingerprint density at radius 1 is 1.36 bits per heavy atom. The van der Waals surface area contributed by atoms with E-state index in [-0.39, 0.29) is 12.3 Å². The zero-order valence-corrected chi connectivity index (χ0v) is 13.3. The number of amides is 1. The Morgan fingerprint density at radius 2 is 2.09 bits per heavy atom. The van der Waals surface area contributed by atoms with Crippen molar-refractivity contribution < 1.29 is 14.7 Å². The van der Waals surface area contributed by atoms with Crippen molar-refractivity contribution in [3.63, 3.8) is 0 Å². The molecule has 0 aliphatic rings. The zero-order chi connectivity index (χ0) is 16.3. The van der Waals surface area contributed by atoms with Crippen LogP contribution in [0.2, 0.25) is 5.02 Å². The van der Waals surface area contributed by atoms with Gasteiger partial charge in [-0.05, 0) is 44.0 Å². The molecule has 1 aromatic carbocycles. The third-order valence-corrected chi connectivity index (χ3v) is 3.97. The Balaban J connectivity index is 1.94. The number of carbonyl (C=O) groups excluding carboxylic acids is 1. The number of nitrogens with one attached hydrogen (secondary N) is 2. The molecular weight excluding hydrogens is 304 g/mol. The van der Waals surface area contributed by atoms with Gasteiger partial charge in [0, 0.05) is 28.7 Å². The number of aliphatic carboxylic acids is 1. The summed E-state index contributed by atoms with van der Waals surface area (Å²) in [6, 6.07) is 5.48. The second-order valence-electron chi connectivity index (χ2n) is 5.97. The molecule has 3 N–H and O–H groups in total. The third-order valence-electron chi connectivity index (χ3n) is 3.73. The topological polar surface area (TPSA) is 82.2 Å². The Labute approximate surface area is 133 Å². The number of hydrogen-bond donors (Lipinski definition) is 3. The lowest BCUT2D eigenvalue weighted by atomic mass is 9.90. The van der Waals surface area contributed by atoms with Gasteiger partial charge in [-0.25, -0.2) is 0 Å². The number of carbonyl (C=O) groups is 2. The van der Waals surface area contributed by atoms with Gasteiger partial charge in [0.15, 0.2) is 0 Å². The van der Waals surface area contributed by atoms with Gasteiger partial charge < -0.3 is 15.4 Å². The number of benzene rings is 1. The highest BCUT2D eigenvalue weighted by atomic mass is 35.5. The van der Waals surface area contributed by atoms with E-state index in [9.17, 15) is 9.59 Å². The van der Waals surface area contributed by atoms with Gasteiger partial charge in [-0.1, -0.05) is 11.6 Å². The Morgan fingerprint density at radius 3 is 2.77 bits per heavy atom. The van der Waals surface area contributed by atoms with E-state index in [1.807, 2.05) is 12.1 Å². The van der Waals surface area contributed by atoms with Crippen LogP contribution in [0.3, 0.4) is 0 Å². The van der Waals surface area contributed by atoms with Crippen molar-refractivity contribution in [1.82, 2.24) is 10.3 Å². The summed E-state index contributed by atoms with van der Waals surface area (Å²) in [7, 11) is 0. The maximum atomic E-state index is 12.0. The summed E-state index contributed by atoms with van der Waals surface area (Å²) in [5.74, 6) is -1.00. The Hall–Kier alpha value is -2.01. The zero-order valence-electron chi connectivity index (χ0n) is 12.6. The summed E-state index contributed by atoms with van der Waals surface area (Å²) < 4.78 is 0. The van der Waals surface area contributed by atoms with Gasteiger partial charge >= 0.3 is 5.97 Å². The van der Waals surface area contributed by atoms with Gasteiger partial charge in [-0.2, -0.15) is 0 Å². The van der Waals surface area contributed by atoms with Crippen molar-refractivity contribution in [2.75, 3.05) is 6.54 Å². The standard InChI is InChI=1S/C16H19ClN2O3/c1-16(2,15(21)22)5-6-18-14(20)7-10-9-19-13-4-3-11(17)8-12(10)13/h3-4,8-9,19H,5-7H2,1-2H3,(H,18,20)(H,21,22). The normalized spacial score (nSPS) is 11.6. The molecule has 0 saturated carbocycles. The molecule has 0 atom stereocenters. The lowest BCUT2D eigenvalue weighted by molar-refractivity contribution is -0.147. The molecule has 1 heterocycles. The molecule has 118 valence electrons. The average molecular weight is 323 g/mol. The van der Waals surface area contributed by atoms with E-state index in [0.29, 0.717) is 18.0 Å². The van der Waals surface area contributed by atoms with E-state index >= 15 is 0 Å². The number of aromatic nitrogens is 1. The van der Waals surface area contributed by atoms with Crippen LogP contribution in [0, 0.1) is 5.41 Å². The molecule has 1 amide bonds. The summed E-state index contributed by atoms with van der Waals surface area (Å²) in [6.45, 7) is 3.62. The summed E-state index contributed by atoms with van der Waals surface area (Å²) in [4.78, 5) is 26.1. The minimum absolute atomic E-state index is 0.137. The number of carboxylic acid groups (broad SMARTS) is 1. The van der Waals surface area contributed by atoms with Crippen LogP contribution in [-0.4, -0.2) is 28.5 Å². The molecule has 2 rings (SSSR count). The highest BCUT2D eigenvalue weighted by molar-refractivity contribution is 6.31. The summed E-state index contributed by atoms with van der Waals surface area (Å²) >= 11 is 5.98. The number of hydrogen-bond acceptors (Lipinski definition) is 2. The summed E-state index contributed by atoms with van der Waals surface area (Å²) in [5, 5.41) is 13.3.